The Morgan fingerprint density at radius 1 is 1.05 bits per heavy atom. The molecule has 2 rings (SSSR count). The van der Waals surface area contributed by atoms with Gasteiger partial charge in [-0.05, 0) is 26.0 Å². The van der Waals surface area contributed by atoms with Crippen LogP contribution >= 0.6 is 0 Å². The van der Waals surface area contributed by atoms with Crippen LogP contribution in [0.15, 0.2) is 18.2 Å². The van der Waals surface area contributed by atoms with E-state index in [1.54, 1.807) is 12.1 Å². The van der Waals surface area contributed by atoms with E-state index in [9.17, 15) is 9.59 Å². The summed E-state index contributed by atoms with van der Waals surface area (Å²) in [5, 5.41) is 0. The van der Waals surface area contributed by atoms with Crippen LogP contribution in [-0.4, -0.2) is 49.7 Å². The van der Waals surface area contributed by atoms with Gasteiger partial charge in [-0.3, -0.25) is 14.5 Å². The molecule has 0 atom stereocenters. The first-order chi connectivity index (χ1) is 9.15. The van der Waals surface area contributed by atoms with Crippen molar-refractivity contribution in [2.24, 2.45) is 0 Å². The number of rotatable bonds is 4. The number of carbonyl (C=O) groups is 2. The molecular formula is C15H20N2O2. The van der Waals surface area contributed by atoms with E-state index in [2.05, 4.69) is 23.6 Å². The molecule has 4 nitrogen and oxygen atoms in total. The summed E-state index contributed by atoms with van der Waals surface area (Å²) in [6.07, 6.45) is 1.68. The lowest BCUT2D eigenvalue weighted by Gasteiger charge is -2.38. The molecule has 1 aromatic carbocycles. The summed E-state index contributed by atoms with van der Waals surface area (Å²) in [4.78, 5) is 26.6. The zero-order chi connectivity index (χ0) is 13.8. The summed E-state index contributed by atoms with van der Waals surface area (Å²) in [5.41, 5.74) is 2.15. The van der Waals surface area contributed by atoms with E-state index in [1.165, 1.54) is 0 Å². The van der Waals surface area contributed by atoms with Crippen molar-refractivity contribution in [2.75, 3.05) is 31.1 Å². The number of piperazine rings is 1. The van der Waals surface area contributed by atoms with Crippen molar-refractivity contribution < 1.29 is 9.59 Å². The SMILES string of the molecule is CC(C)N1CCN(c2cc(C=O)ccc2C=O)CC1. The Kier molecular flexibility index (Phi) is 4.32. The average molecular weight is 260 g/mol. The molecule has 0 unspecified atom stereocenters. The number of hydrogen-bond donors (Lipinski definition) is 0. The van der Waals surface area contributed by atoms with Crippen molar-refractivity contribution in [3.63, 3.8) is 0 Å². The molecular weight excluding hydrogens is 240 g/mol. The third kappa shape index (κ3) is 3.01. The Hall–Kier alpha value is -1.68. The van der Waals surface area contributed by atoms with E-state index in [1.807, 2.05) is 6.07 Å². The van der Waals surface area contributed by atoms with Gasteiger partial charge in [-0.25, -0.2) is 0 Å². The summed E-state index contributed by atoms with van der Waals surface area (Å²) < 4.78 is 0. The second kappa shape index (κ2) is 5.97. The van der Waals surface area contributed by atoms with Gasteiger partial charge in [0.25, 0.3) is 0 Å². The number of hydrogen-bond acceptors (Lipinski definition) is 4. The maximum Gasteiger partial charge on any atom is 0.152 e. The van der Waals surface area contributed by atoms with Gasteiger partial charge in [0.05, 0.1) is 0 Å². The van der Waals surface area contributed by atoms with Crippen molar-refractivity contribution in [2.45, 2.75) is 19.9 Å². The van der Waals surface area contributed by atoms with Crippen LogP contribution in [0.1, 0.15) is 34.6 Å². The predicted molar refractivity (Wildman–Crippen MR) is 76.1 cm³/mol. The smallest absolute Gasteiger partial charge is 0.152 e. The van der Waals surface area contributed by atoms with E-state index < -0.39 is 0 Å². The van der Waals surface area contributed by atoms with E-state index >= 15 is 0 Å². The third-order valence-electron chi connectivity index (χ3n) is 3.70. The molecule has 1 aliphatic rings. The fourth-order valence-corrected chi connectivity index (χ4v) is 2.49. The first-order valence-electron chi connectivity index (χ1n) is 6.69. The molecule has 0 amide bonds. The summed E-state index contributed by atoms with van der Waals surface area (Å²) in [6, 6.07) is 5.77. The van der Waals surface area contributed by atoms with Gasteiger partial charge in [0.1, 0.15) is 6.29 Å². The highest BCUT2D eigenvalue weighted by atomic mass is 16.1. The van der Waals surface area contributed by atoms with Gasteiger partial charge in [0.2, 0.25) is 0 Å². The maximum atomic E-state index is 11.1. The number of aldehydes is 2. The lowest BCUT2D eigenvalue weighted by atomic mass is 10.1. The first kappa shape index (κ1) is 13.7. The Morgan fingerprint density at radius 3 is 2.26 bits per heavy atom. The molecule has 4 heteroatoms. The fraction of sp³-hybridized carbons (Fsp3) is 0.467. The molecule has 0 spiro atoms. The minimum absolute atomic E-state index is 0.550. The topological polar surface area (TPSA) is 40.6 Å². The van der Waals surface area contributed by atoms with Gasteiger partial charge >= 0.3 is 0 Å². The second-order valence-corrected chi connectivity index (χ2v) is 5.17. The van der Waals surface area contributed by atoms with Crippen molar-refractivity contribution >= 4 is 18.3 Å². The van der Waals surface area contributed by atoms with Crippen molar-refractivity contribution in [1.82, 2.24) is 4.90 Å². The van der Waals surface area contributed by atoms with E-state index in [4.69, 9.17) is 0 Å². The number of nitrogens with zero attached hydrogens (tertiary/aromatic N) is 2. The Balaban J connectivity index is 2.18. The number of benzene rings is 1. The van der Waals surface area contributed by atoms with Gasteiger partial charge in [-0.2, -0.15) is 0 Å². The molecule has 0 saturated carbocycles. The van der Waals surface area contributed by atoms with Crippen molar-refractivity contribution in [1.29, 1.82) is 0 Å². The van der Waals surface area contributed by atoms with Gasteiger partial charge in [-0.1, -0.05) is 6.07 Å². The molecule has 0 bridgehead atoms. The van der Waals surface area contributed by atoms with Crippen molar-refractivity contribution in [3.8, 4) is 0 Å². The number of anilines is 1. The van der Waals surface area contributed by atoms with E-state index in [-0.39, 0.29) is 0 Å². The minimum Gasteiger partial charge on any atom is -0.368 e. The Morgan fingerprint density at radius 2 is 1.74 bits per heavy atom. The van der Waals surface area contributed by atoms with Crippen LogP contribution < -0.4 is 4.90 Å². The monoisotopic (exact) mass is 260 g/mol. The standard InChI is InChI=1S/C15H20N2O2/c1-12(2)16-5-7-17(8-6-16)15-9-13(10-18)3-4-14(15)11-19/h3-4,9-12H,5-8H2,1-2H3. The molecule has 0 N–H and O–H groups in total. The molecule has 102 valence electrons. The van der Waals surface area contributed by atoms with Crippen LogP contribution in [0.3, 0.4) is 0 Å². The highest BCUT2D eigenvalue weighted by Gasteiger charge is 2.20. The molecule has 1 aromatic rings. The fourth-order valence-electron chi connectivity index (χ4n) is 2.49. The molecule has 0 aromatic heterocycles. The normalized spacial score (nSPS) is 16.7. The van der Waals surface area contributed by atoms with Crippen molar-refractivity contribution in [3.05, 3.63) is 29.3 Å². The van der Waals surface area contributed by atoms with Crippen LogP contribution in [0.25, 0.3) is 0 Å². The molecule has 0 radical (unpaired) electrons. The van der Waals surface area contributed by atoms with Crippen LogP contribution in [0, 0.1) is 0 Å². The molecule has 1 saturated heterocycles. The Labute approximate surface area is 114 Å². The quantitative estimate of drug-likeness (QED) is 0.775. The summed E-state index contributed by atoms with van der Waals surface area (Å²) in [7, 11) is 0. The van der Waals surface area contributed by atoms with Crippen LogP contribution in [-0.2, 0) is 0 Å². The maximum absolute atomic E-state index is 11.1. The van der Waals surface area contributed by atoms with Crippen LogP contribution in [0.2, 0.25) is 0 Å². The van der Waals surface area contributed by atoms with E-state index in [0.717, 1.165) is 44.4 Å². The van der Waals surface area contributed by atoms with Crippen LogP contribution in [0.5, 0.6) is 0 Å². The molecule has 1 heterocycles. The van der Waals surface area contributed by atoms with Gasteiger partial charge < -0.3 is 4.90 Å². The predicted octanol–water partition coefficient (Wildman–Crippen LogP) is 1.84. The van der Waals surface area contributed by atoms with Crippen LogP contribution in [0.4, 0.5) is 5.69 Å². The molecule has 19 heavy (non-hydrogen) atoms. The lowest BCUT2D eigenvalue weighted by molar-refractivity contribution is 0.111. The summed E-state index contributed by atoms with van der Waals surface area (Å²) in [6.45, 7) is 8.14. The zero-order valence-electron chi connectivity index (χ0n) is 11.5. The summed E-state index contributed by atoms with van der Waals surface area (Å²) in [5.74, 6) is 0. The van der Waals surface area contributed by atoms with Gasteiger partial charge in [-0.15, -0.1) is 0 Å². The lowest BCUT2D eigenvalue weighted by Crippen LogP contribution is -2.49. The molecule has 1 aliphatic heterocycles. The number of carbonyl (C=O) groups excluding carboxylic acids is 2. The minimum atomic E-state index is 0.550. The van der Waals surface area contributed by atoms with Gasteiger partial charge in [0.15, 0.2) is 6.29 Å². The summed E-state index contributed by atoms with van der Waals surface area (Å²) >= 11 is 0. The molecule has 1 fully saturated rings. The molecule has 0 aliphatic carbocycles. The highest BCUT2D eigenvalue weighted by Crippen LogP contribution is 2.22. The largest absolute Gasteiger partial charge is 0.368 e. The van der Waals surface area contributed by atoms with Gasteiger partial charge in [0, 0.05) is 49.0 Å². The average Bonchev–Trinajstić information content (AvgIpc) is 2.46. The third-order valence-corrected chi connectivity index (χ3v) is 3.70. The second-order valence-electron chi connectivity index (χ2n) is 5.17. The van der Waals surface area contributed by atoms with E-state index in [0.29, 0.717) is 17.2 Å². The Bertz CT molecular complexity index is 463. The highest BCUT2D eigenvalue weighted by molar-refractivity contribution is 5.88. The zero-order valence-corrected chi connectivity index (χ0v) is 11.5. The first-order valence-corrected chi connectivity index (χ1v) is 6.69.